The van der Waals surface area contributed by atoms with Crippen molar-refractivity contribution in [3.05, 3.63) is 35.4 Å². The highest BCUT2D eigenvalue weighted by molar-refractivity contribution is 5.67. The van der Waals surface area contributed by atoms with Crippen molar-refractivity contribution < 1.29 is 9.90 Å². The summed E-state index contributed by atoms with van der Waals surface area (Å²) in [6.45, 7) is 9.70. The summed E-state index contributed by atoms with van der Waals surface area (Å²) in [7, 11) is 0. The number of carboxylic acids is 1. The zero-order valence-corrected chi connectivity index (χ0v) is 13.4. The monoisotopic (exact) mass is 289 g/mol. The highest BCUT2D eigenvalue weighted by Crippen LogP contribution is 2.24. The molecule has 1 aliphatic rings. The van der Waals surface area contributed by atoms with Crippen LogP contribution in [0, 0.1) is 5.92 Å². The smallest absolute Gasteiger partial charge is 0.303 e. The fourth-order valence-electron chi connectivity index (χ4n) is 2.96. The molecule has 116 valence electrons. The van der Waals surface area contributed by atoms with Crippen LogP contribution in [0.15, 0.2) is 24.3 Å². The Balaban J connectivity index is 1.85. The fraction of sp³-hybridized carbons (Fsp3) is 0.611. The Morgan fingerprint density at radius 1 is 1.19 bits per heavy atom. The van der Waals surface area contributed by atoms with Gasteiger partial charge in [0.1, 0.15) is 0 Å². The standard InChI is InChI=1S/C18H27NO2/c1-18(2,3)16-6-4-15(5-7-16)13-19-10-8-14(9-11-19)12-17(20)21/h4-7,14H,8-13H2,1-3H3,(H,20,21). The second-order valence-corrected chi connectivity index (χ2v) is 7.26. The van der Waals surface area contributed by atoms with Crippen molar-refractivity contribution in [2.24, 2.45) is 5.92 Å². The lowest BCUT2D eigenvalue weighted by Crippen LogP contribution is -2.33. The molecule has 0 radical (unpaired) electrons. The van der Waals surface area contributed by atoms with Crippen LogP contribution in [0.5, 0.6) is 0 Å². The number of rotatable bonds is 4. The van der Waals surface area contributed by atoms with E-state index < -0.39 is 5.97 Å². The molecule has 1 heterocycles. The largest absolute Gasteiger partial charge is 0.481 e. The molecular weight excluding hydrogens is 262 g/mol. The molecule has 3 nitrogen and oxygen atoms in total. The minimum absolute atomic E-state index is 0.202. The zero-order valence-electron chi connectivity index (χ0n) is 13.4. The number of hydrogen-bond donors (Lipinski definition) is 1. The first-order valence-electron chi connectivity index (χ1n) is 7.88. The predicted octanol–water partition coefficient (Wildman–Crippen LogP) is 3.67. The van der Waals surface area contributed by atoms with Crippen molar-refractivity contribution in [1.82, 2.24) is 4.90 Å². The number of likely N-dealkylation sites (tertiary alicyclic amines) is 1. The molecule has 0 aliphatic carbocycles. The summed E-state index contributed by atoms with van der Waals surface area (Å²) in [6, 6.07) is 8.91. The Kier molecular flexibility index (Phi) is 5.04. The molecule has 1 fully saturated rings. The summed E-state index contributed by atoms with van der Waals surface area (Å²) in [5.74, 6) is -0.298. The Labute approximate surface area is 128 Å². The second-order valence-electron chi connectivity index (χ2n) is 7.26. The van der Waals surface area contributed by atoms with Gasteiger partial charge in [0.05, 0.1) is 0 Å². The van der Waals surface area contributed by atoms with Gasteiger partial charge in [-0.05, 0) is 48.4 Å². The molecule has 0 saturated carbocycles. The third kappa shape index (κ3) is 4.85. The van der Waals surface area contributed by atoms with Crippen LogP contribution in [-0.4, -0.2) is 29.1 Å². The molecule has 21 heavy (non-hydrogen) atoms. The number of hydrogen-bond acceptors (Lipinski definition) is 2. The molecule has 3 heteroatoms. The van der Waals surface area contributed by atoms with Gasteiger partial charge >= 0.3 is 5.97 Å². The molecule has 0 bridgehead atoms. The second kappa shape index (κ2) is 6.61. The maximum absolute atomic E-state index is 10.7. The Morgan fingerprint density at radius 3 is 2.24 bits per heavy atom. The average Bonchev–Trinajstić information content (AvgIpc) is 2.40. The molecule has 1 aromatic rings. The fourth-order valence-corrected chi connectivity index (χ4v) is 2.96. The van der Waals surface area contributed by atoms with Gasteiger partial charge in [0.25, 0.3) is 0 Å². The van der Waals surface area contributed by atoms with Gasteiger partial charge < -0.3 is 5.11 Å². The summed E-state index contributed by atoms with van der Waals surface area (Å²) >= 11 is 0. The van der Waals surface area contributed by atoms with E-state index >= 15 is 0 Å². The van der Waals surface area contributed by atoms with E-state index in [2.05, 4.69) is 49.9 Å². The predicted molar refractivity (Wildman–Crippen MR) is 85.4 cm³/mol. The molecule has 1 saturated heterocycles. The van der Waals surface area contributed by atoms with Crippen LogP contribution in [-0.2, 0) is 16.8 Å². The van der Waals surface area contributed by atoms with Gasteiger partial charge in [-0.15, -0.1) is 0 Å². The molecule has 0 atom stereocenters. The number of carboxylic acid groups (broad SMARTS) is 1. The van der Waals surface area contributed by atoms with Crippen molar-refractivity contribution in [2.45, 2.75) is 52.0 Å². The van der Waals surface area contributed by atoms with Crippen LogP contribution in [0.4, 0.5) is 0 Å². The molecule has 1 N–H and O–H groups in total. The lowest BCUT2D eigenvalue weighted by Gasteiger charge is -2.31. The van der Waals surface area contributed by atoms with Crippen LogP contribution in [0.3, 0.4) is 0 Å². The summed E-state index contributed by atoms with van der Waals surface area (Å²) < 4.78 is 0. The van der Waals surface area contributed by atoms with E-state index in [0.29, 0.717) is 12.3 Å². The van der Waals surface area contributed by atoms with Crippen molar-refractivity contribution in [2.75, 3.05) is 13.1 Å². The lowest BCUT2D eigenvalue weighted by molar-refractivity contribution is -0.138. The summed E-state index contributed by atoms with van der Waals surface area (Å²) in [4.78, 5) is 13.2. The van der Waals surface area contributed by atoms with Gasteiger partial charge in [0.2, 0.25) is 0 Å². The highest BCUT2D eigenvalue weighted by Gasteiger charge is 2.21. The molecule has 1 aromatic carbocycles. The average molecular weight is 289 g/mol. The highest BCUT2D eigenvalue weighted by atomic mass is 16.4. The van der Waals surface area contributed by atoms with Crippen molar-refractivity contribution in [3.8, 4) is 0 Å². The molecule has 0 unspecified atom stereocenters. The van der Waals surface area contributed by atoms with Crippen molar-refractivity contribution >= 4 is 5.97 Å². The van der Waals surface area contributed by atoms with E-state index in [-0.39, 0.29) is 5.41 Å². The quantitative estimate of drug-likeness (QED) is 0.919. The Hall–Kier alpha value is -1.35. The van der Waals surface area contributed by atoms with Gasteiger partial charge in [0, 0.05) is 13.0 Å². The van der Waals surface area contributed by atoms with Crippen LogP contribution < -0.4 is 0 Å². The van der Waals surface area contributed by atoms with Crippen LogP contribution in [0.1, 0.15) is 51.2 Å². The third-order valence-electron chi connectivity index (χ3n) is 4.40. The normalized spacial score (nSPS) is 17.9. The number of piperidine rings is 1. The first-order valence-corrected chi connectivity index (χ1v) is 7.88. The van der Waals surface area contributed by atoms with E-state index in [1.807, 2.05) is 0 Å². The van der Waals surface area contributed by atoms with E-state index in [4.69, 9.17) is 5.11 Å². The van der Waals surface area contributed by atoms with E-state index in [1.54, 1.807) is 0 Å². The van der Waals surface area contributed by atoms with Crippen LogP contribution in [0.2, 0.25) is 0 Å². The number of carbonyl (C=O) groups is 1. The topological polar surface area (TPSA) is 40.5 Å². The summed E-state index contributed by atoms with van der Waals surface area (Å²) in [5, 5.41) is 8.84. The SMILES string of the molecule is CC(C)(C)c1ccc(CN2CCC(CC(=O)O)CC2)cc1. The van der Waals surface area contributed by atoms with Gasteiger partial charge in [0.15, 0.2) is 0 Å². The molecule has 0 aromatic heterocycles. The molecule has 1 aliphatic heterocycles. The third-order valence-corrected chi connectivity index (χ3v) is 4.40. The van der Waals surface area contributed by atoms with E-state index in [1.165, 1.54) is 11.1 Å². The van der Waals surface area contributed by atoms with Gasteiger partial charge in [-0.1, -0.05) is 45.0 Å². The Bertz CT molecular complexity index is 465. The van der Waals surface area contributed by atoms with E-state index in [9.17, 15) is 4.79 Å². The number of aliphatic carboxylic acids is 1. The summed E-state index contributed by atoms with van der Waals surface area (Å²) in [6.07, 6.45) is 2.34. The number of benzene rings is 1. The van der Waals surface area contributed by atoms with Crippen molar-refractivity contribution in [3.63, 3.8) is 0 Å². The molecule has 0 spiro atoms. The van der Waals surface area contributed by atoms with Crippen LogP contribution in [0.25, 0.3) is 0 Å². The van der Waals surface area contributed by atoms with Crippen molar-refractivity contribution in [1.29, 1.82) is 0 Å². The molecule has 2 rings (SSSR count). The lowest BCUT2D eigenvalue weighted by atomic mass is 9.86. The molecular formula is C18H27NO2. The minimum Gasteiger partial charge on any atom is -0.481 e. The first kappa shape index (κ1) is 16.0. The van der Waals surface area contributed by atoms with E-state index in [0.717, 1.165) is 32.5 Å². The first-order chi connectivity index (χ1) is 9.84. The van der Waals surface area contributed by atoms with Gasteiger partial charge in [-0.25, -0.2) is 0 Å². The summed E-state index contributed by atoms with van der Waals surface area (Å²) in [5.41, 5.74) is 2.92. The zero-order chi connectivity index (χ0) is 15.5. The number of nitrogens with zero attached hydrogens (tertiary/aromatic N) is 1. The van der Waals surface area contributed by atoms with Gasteiger partial charge in [-0.3, -0.25) is 9.69 Å². The molecule has 0 amide bonds. The minimum atomic E-state index is -0.661. The maximum Gasteiger partial charge on any atom is 0.303 e. The Morgan fingerprint density at radius 2 is 1.76 bits per heavy atom. The van der Waals surface area contributed by atoms with Gasteiger partial charge in [-0.2, -0.15) is 0 Å². The maximum atomic E-state index is 10.7. The van der Waals surface area contributed by atoms with Crippen LogP contribution >= 0.6 is 0 Å².